The topological polar surface area (TPSA) is 231 Å². The summed E-state index contributed by atoms with van der Waals surface area (Å²) in [6.45, 7) is 2.42. The minimum absolute atomic E-state index is 0.0816. The van der Waals surface area contributed by atoms with Gasteiger partial charge in [0.05, 0.1) is 26.4 Å². The van der Waals surface area contributed by atoms with Crippen LogP contribution in [0.1, 0.15) is 355 Å². The van der Waals surface area contributed by atoms with Gasteiger partial charge in [-0.2, -0.15) is 0 Å². The first-order valence-corrected chi connectivity index (χ1v) is 46.8. The van der Waals surface area contributed by atoms with Gasteiger partial charge in [-0.1, -0.05) is 346 Å². The molecule has 111 heavy (non-hydrogen) atoms. The van der Waals surface area contributed by atoms with Gasteiger partial charge in [-0.05, 0) is 148 Å². The number of phosphoric acid groups is 2. The van der Waals surface area contributed by atoms with Gasteiger partial charge in [0.2, 0.25) is 0 Å². The van der Waals surface area contributed by atoms with Crippen LogP contribution in [0, 0.1) is 0 Å². The molecule has 0 aromatic rings. The minimum Gasteiger partial charge on any atom is -0.463 e. The van der Waals surface area contributed by atoms with Crippen molar-refractivity contribution in [2.45, 2.75) is 373 Å². The Hall–Kier alpha value is -4.83. The van der Waals surface area contributed by atoms with Gasteiger partial charge in [0.1, 0.15) is 25.4 Å². The fourth-order valence-corrected chi connectivity index (χ4v) is 13.2. The smallest absolute Gasteiger partial charge is 0.463 e. The van der Waals surface area contributed by atoms with Crippen molar-refractivity contribution in [3.05, 3.63) is 158 Å². The number of hydrogen-bond donors (Lipinski definition) is 4. The molecule has 636 valence electrons. The number of carbonyl (C=O) groups excluding carboxylic acids is 3. The first-order chi connectivity index (χ1) is 54.2. The fraction of sp³-hybridized carbons (Fsp3) is 0.688. The van der Waals surface area contributed by atoms with Crippen LogP contribution < -0.4 is 0 Å². The summed E-state index contributed by atoms with van der Waals surface area (Å²) in [7, 11) is -9.81. The van der Waals surface area contributed by atoms with E-state index >= 15 is 0 Å². The summed E-state index contributed by atoms with van der Waals surface area (Å²) in [4.78, 5) is 58.8. The molecule has 0 heterocycles. The first-order valence-electron chi connectivity index (χ1n) is 43.8. The Morgan fingerprint density at radius 1 is 0.261 bits per heavy atom. The van der Waals surface area contributed by atoms with Gasteiger partial charge < -0.3 is 34.2 Å². The molecule has 0 aliphatic rings. The Balaban J connectivity index is 4.50. The molecular formula is C93H158O16P2. The molecule has 16 nitrogen and oxygen atoms in total. The van der Waals surface area contributed by atoms with Crippen LogP contribution in [-0.4, -0.2) is 95.9 Å². The highest BCUT2D eigenvalue weighted by atomic mass is 31.2. The van der Waals surface area contributed by atoms with E-state index in [4.69, 9.17) is 32.3 Å². The SMILES string of the molecule is CC/C=C\C/C=C\C/C=C\C/C=C\C/C=C\CCCCCCCCCCCCCCCCCCCCCC(=O)OCC(O)COP(=O)(O)OCC(O)COP(=O)(O)OCC(COC(=O)CCCCCCC/C=C\C/C=C\C/C=C\C/C=C\C/C=C\CC)OC(=O)CCCCCCCC/C=C\C/C=C\C/C=C\CCCCC. The van der Waals surface area contributed by atoms with E-state index in [0.29, 0.717) is 19.3 Å². The first kappa shape index (κ1) is 106. The normalized spacial score (nSPS) is 14.6. The summed E-state index contributed by atoms with van der Waals surface area (Å²) >= 11 is 0. The molecule has 0 saturated carbocycles. The molecule has 0 radical (unpaired) electrons. The van der Waals surface area contributed by atoms with E-state index in [1.807, 2.05) is 0 Å². The highest BCUT2D eigenvalue weighted by Gasteiger charge is 2.29. The van der Waals surface area contributed by atoms with Crippen molar-refractivity contribution in [2.24, 2.45) is 0 Å². The fourth-order valence-electron chi connectivity index (χ4n) is 11.6. The second-order valence-corrected chi connectivity index (χ2v) is 31.8. The quantitative estimate of drug-likeness (QED) is 0.0146. The number of carbonyl (C=O) groups is 3. The van der Waals surface area contributed by atoms with Gasteiger partial charge in [-0.15, -0.1) is 0 Å². The van der Waals surface area contributed by atoms with Gasteiger partial charge in [-0.3, -0.25) is 32.5 Å². The van der Waals surface area contributed by atoms with Gasteiger partial charge in [0.25, 0.3) is 0 Å². The molecule has 5 unspecified atom stereocenters. The molecule has 0 rings (SSSR count). The number of ether oxygens (including phenoxy) is 3. The number of rotatable bonds is 82. The summed E-state index contributed by atoms with van der Waals surface area (Å²) in [5.41, 5.74) is 0. The van der Waals surface area contributed by atoms with E-state index in [-0.39, 0.29) is 19.3 Å². The molecule has 0 spiro atoms. The van der Waals surface area contributed by atoms with Gasteiger partial charge in [-0.25, -0.2) is 9.13 Å². The number of aliphatic hydroxyl groups is 2. The second kappa shape index (κ2) is 84.6. The van der Waals surface area contributed by atoms with Crippen molar-refractivity contribution < 1.29 is 75.8 Å². The highest BCUT2D eigenvalue weighted by molar-refractivity contribution is 7.47. The summed E-state index contributed by atoms with van der Waals surface area (Å²) in [5.74, 6) is -1.61. The average Bonchev–Trinajstić information content (AvgIpc) is 0.901. The Morgan fingerprint density at radius 2 is 0.477 bits per heavy atom. The zero-order chi connectivity index (χ0) is 80.8. The van der Waals surface area contributed by atoms with E-state index in [2.05, 4.69) is 179 Å². The maximum atomic E-state index is 13.0. The van der Waals surface area contributed by atoms with E-state index in [0.717, 1.165) is 173 Å². The van der Waals surface area contributed by atoms with Crippen molar-refractivity contribution in [1.29, 1.82) is 0 Å². The average molecular weight is 1590 g/mol. The molecule has 0 aliphatic heterocycles. The zero-order valence-corrected chi connectivity index (χ0v) is 71.6. The van der Waals surface area contributed by atoms with Crippen LogP contribution in [0.2, 0.25) is 0 Å². The lowest BCUT2D eigenvalue weighted by Crippen LogP contribution is -2.30. The van der Waals surface area contributed by atoms with E-state index in [1.165, 1.54) is 122 Å². The summed E-state index contributed by atoms with van der Waals surface area (Å²) in [5, 5.41) is 20.7. The largest absolute Gasteiger partial charge is 0.472 e. The molecular weight excluding hydrogens is 1430 g/mol. The number of phosphoric ester groups is 2. The van der Waals surface area contributed by atoms with Crippen molar-refractivity contribution in [2.75, 3.05) is 39.6 Å². The van der Waals surface area contributed by atoms with E-state index in [1.54, 1.807) is 0 Å². The monoisotopic (exact) mass is 1590 g/mol. The summed E-state index contributed by atoms with van der Waals surface area (Å²) in [6.07, 6.45) is 107. The third-order valence-corrected chi connectivity index (χ3v) is 20.1. The van der Waals surface area contributed by atoms with Crippen molar-refractivity contribution in [3.8, 4) is 0 Å². The third-order valence-electron chi connectivity index (χ3n) is 18.2. The molecule has 0 aromatic carbocycles. The standard InChI is InChI=1S/C93H158O16P2/c1-4-7-10-13-16-19-22-25-28-31-34-36-37-38-39-40-41-42-43-44-45-46-47-48-49-51-54-55-58-61-64-67-70-73-76-79-91(96)103-82-88(94)83-105-110(99,100)106-84-89(95)85-107-111(101,102)108-87-90(109-93(98)81-78-75-72-69-66-63-60-57-52-33-30-27-24-21-18-15-12-9-6-3)86-104-92(97)80-77-74-71-68-65-62-59-56-53-50-35-32-29-26-23-20-17-14-11-8-5-2/h7-8,10-11,16-21,25-30,34-36,38-39,50,52,56-57,59,88-90,94-95H,4-6,9,12-15,22-24,31-33,37,40-49,51,53-55,58,60-87H2,1-3H3,(H,99,100)(H,101,102)/b10-7-,11-8-,19-16-,20-17-,21-18-,28-25-,29-26-,30-27-,36-34-,39-38-,50-35-,57-52-,59-56-. The molecule has 0 bridgehead atoms. The highest BCUT2D eigenvalue weighted by Crippen LogP contribution is 2.45. The summed E-state index contributed by atoms with van der Waals surface area (Å²) in [6, 6.07) is 0. The number of allylic oxidation sites excluding steroid dienone is 26. The predicted molar refractivity (Wildman–Crippen MR) is 463 cm³/mol. The lowest BCUT2D eigenvalue weighted by molar-refractivity contribution is -0.161. The molecule has 0 fully saturated rings. The predicted octanol–water partition coefficient (Wildman–Crippen LogP) is 26.5. The lowest BCUT2D eigenvalue weighted by Gasteiger charge is -2.21. The molecule has 4 N–H and O–H groups in total. The van der Waals surface area contributed by atoms with Crippen LogP contribution in [0.15, 0.2) is 158 Å². The molecule has 0 saturated heterocycles. The van der Waals surface area contributed by atoms with Gasteiger partial charge >= 0.3 is 33.6 Å². The Labute approximate surface area is 676 Å². The molecule has 18 heteroatoms. The van der Waals surface area contributed by atoms with Crippen LogP contribution >= 0.6 is 15.6 Å². The number of aliphatic hydroxyl groups excluding tert-OH is 2. The lowest BCUT2D eigenvalue weighted by atomic mass is 10.0. The Morgan fingerprint density at radius 3 is 0.757 bits per heavy atom. The Kier molecular flexibility index (Phi) is 80.9. The maximum Gasteiger partial charge on any atom is 0.472 e. The van der Waals surface area contributed by atoms with E-state index < -0.39 is 91.5 Å². The third kappa shape index (κ3) is 85.9. The van der Waals surface area contributed by atoms with Crippen LogP contribution in [0.3, 0.4) is 0 Å². The van der Waals surface area contributed by atoms with Crippen molar-refractivity contribution in [3.63, 3.8) is 0 Å². The molecule has 0 aliphatic carbocycles. The van der Waals surface area contributed by atoms with E-state index in [9.17, 15) is 43.5 Å². The number of hydrogen-bond acceptors (Lipinski definition) is 14. The van der Waals surface area contributed by atoms with Crippen LogP contribution in [-0.2, 0) is 55.8 Å². The van der Waals surface area contributed by atoms with Gasteiger partial charge in [0, 0.05) is 19.3 Å². The summed E-state index contributed by atoms with van der Waals surface area (Å²) < 4.78 is 61.3. The minimum atomic E-state index is -4.95. The maximum absolute atomic E-state index is 13.0. The Bertz CT molecular complexity index is 2650. The number of unbranched alkanes of at least 4 members (excludes halogenated alkanes) is 33. The van der Waals surface area contributed by atoms with Gasteiger partial charge in [0.15, 0.2) is 6.10 Å². The van der Waals surface area contributed by atoms with Crippen LogP contribution in [0.5, 0.6) is 0 Å². The van der Waals surface area contributed by atoms with Crippen molar-refractivity contribution >= 4 is 33.6 Å². The molecule has 0 aromatic heterocycles. The van der Waals surface area contributed by atoms with Crippen LogP contribution in [0.25, 0.3) is 0 Å². The number of esters is 3. The molecule has 0 amide bonds. The second-order valence-electron chi connectivity index (χ2n) is 28.9. The van der Waals surface area contributed by atoms with Crippen molar-refractivity contribution in [1.82, 2.24) is 0 Å². The zero-order valence-electron chi connectivity index (χ0n) is 69.8. The molecule has 5 atom stereocenters. The van der Waals surface area contributed by atoms with Crippen LogP contribution in [0.4, 0.5) is 0 Å².